The zero-order valence-corrected chi connectivity index (χ0v) is 17.6. The Labute approximate surface area is 155 Å². The average molecular weight is 449 g/mol. The first-order valence-electron chi connectivity index (χ1n) is 8.19. The minimum absolute atomic E-state index is 0. The largest absolute Gasteiger partial charge is 0.0626 e. The van der Waals surface area contributed by atoms with Crippen molar-refractivity contribution >= 4 is 13.0 Å². The first-order chi connectivity index (χ1) is 10.8. The molecule has 3 heteroatoms. The van der Waals surface area contributed by atoms with Gasteiger partial charge in [0.15, 0.2) is 0 Å². The Morgan fingerprint density at radius 2 is 1.74 bits per heavy atom. The number of benzene rings is 2. The third kappa shape index (κ3) is 3.10. The Hall–Kier alpha value is -0.448. The Bertz CT molecular complexity index is 792. The van der Waals surface area contributed by atoms with Crippen LogP contribution in [0.25, 0.3) is 11.1 Å². The van der Waals surface area contributed by atoms with Crippen molar-refractivity contribution in [2.75, 3.05) is 0 Å². The molecule has 0 heterocycles. The molecule has 2 aromatic rings. The molecule has 117 valence electrons. The summed E-state index contributed by atoms with van der Waals surface area (Å²) in [5.41, 5.74) is 6.21. The van der Waals surface area contributed by atoms with Crippen molar-refractivity contribution in [2.24, 2.45) is 0 Å². The third-order valence-electron chi connectivity index (χ3n) is 4.84. The van der Waals surface area contributed by atoms with E-state index in [1.54, 1.807) is 5.56 Å². The van der Waals surface area contributed by atoms with Crippen molar-refractivity contribution in [1.82, 2.24) is 0 Å². The standard InChI is InChI=1S/C13H9.C5H5.C2H7Si.BH4.Nd/c1-3-7-12-10(5-1)9-11-6-2-4-8-13(11)12;1-2-4-5-3-1;1-3-2;;/h1-5,7-8H,9H2;1-3H,4H2;3H,1-2H3;1H4;/q;;;-1;. The van der Waals surface area contributed by atoms with E-state index in [0.29, 0.717) is 0 Å². The van der Waals surface area contributed by atoms with Crippen LogP contribution in [-0.2, 0) is 6.42 Å². The first-order valence-corrected chi connectivity index (χ1v) is 19.8. The molecule has 0 atom stereocenters. The second-order valence-electron chi connectivity index (χ2n) is 6.56. The molecule has 0 fully saturated rings. The summed E-state index contributed by atoms with van der Waals surface area (Å²) in [4.78, 5) is 0. The Kier molecular flexibility index (Phi) is 5.44. The molecule has 23 heavy (non-hydrogen) atoms. The zero-order valence-electron chi connectivity index (χ0n) is 13.3. The summed E-state index contributed by atoms with van der Waals surface area (Å²) in [5, 5.41) is 0. The van der Waals surface area contributed by atoms with Crippen molar-refractivity contribution in [3.8, 4) is 11.1 Å². The molecular formula is C20H25BNdSi-. The monoisotopic (exact) mass is 446 g/mol. The molecule has 0 unspecified atom stereocenters. The summed E-state index contributed by atoms with van der Waals surface area (Å²) < 4.78 is 3.07. The van der Waals surface area contributed by atoms with Crippen LogP contribution in [0.2, 0.25) is 13.1 Å². The second kappa shape index (κ2) is 7.20. The first kappa shape index (κ1) is 17.4. The Morgan fingerprint density at radius 3 is 2.48 bits per heavy atom. The molecule has 0 amide bonds. The fraction of sp³-hybridized carbons (Fsp3) is 0.200. The van der Waals surface area contributed by atoms with E-state index >= 15 is 0 Å². The molecular weight excluding hydrogens is 423 g/mol. The maximum absolute atomic E-state index is 2.59. The van der Waals surface area contributed by atoms with Gasteiger partial charge in [-0.15, -0.1) is 0 Å². The van der Waals surface area contributed by atoms with Crippen LogP contribution in [0.15, 0.2) is 61.9 Å². The van der Waals surface area contributed by atoms with E-state index in [0.717, 1.165) is 6.42 Å². The molecule has 0 aliphatic heterocycles. The van der Waals surface area contributed by atoms with Gasteiger partial charge >= 0.3 is 148 Å². The number of allylic oxidation sites excluding steroid dienone is 4. The van der Waals surface area contributed by atoms with Crippen LogP contribution in [0.1, 0.15) is 17.5 Å². The normalized spacial score (nSPS) is 14.3. The van der Waals surface area contributed by atoms with E-state index < -0.39 is 36.9 Å². The number of hydrogen-bond acceptors (Lipinski definition) is 0. The van der Waals surface area contributed by atoms with Crippen molar-refractivity contribution < 1.29 is 33.5 Å². The van der Waals surface area contributed by atoms with Gasteiger partial charge in [0.2, 0.25) is 0 Å². The summed E-state index contributed by atoms with van der Waals surface area (Å²) in [6, 6.07) is 16.1. The van der Waals surface area contributed by atoms with E-state index in [2.05, 4.69) is 73.8 Å². The van der Waals surface area contributed by atoms with Crippen LogP contribution in [0, 0.1) is 33.5 Å². The van der Waals surface area contributed by atoms with Crippen LogP contribution in [0.4, 0.5) is 0 Å². The Balaban J connectivity index is 0.00000156. The van der Waals surface area contributed by atoms with Crippen LogP contribution in [0.3, 0.4) is 0 Å². The molecule has 0 bridgehead atoms. The topological polar surface area (TPSA) is 0 Å². The van der Waals surface area contributed by atoms with Crippen LogP contribution >= 0.6 is 0 Å². The van der Waals surface area contributed by atoms with Crippen molar-refractivity contribution in [1.29, 1.82) is 0 Å². The molecule has 0 spiro atoms. The maximum atomic E-state index is 2.59. The van der Waals surface area contributed by atoms with Gasteiger partial charge in [0.25, 0.3) is 0 Å². The Morgan fingerprint density at radius 1 is 0.957 bits per heavy atom. The molecule has 0 aromatic heterocycles. The van der Waals surface area contributed by atoms with Crippen molar-refractivity contribution in [2.45, 2.75) is 25.9 Å². The van der Waals surface area contributed by atoms with E-state index in [9.17, 15) is 0 Å². The van der Waals surface area contributed by atoms with Crippen LogP contribution in [0.5, 0.6) is 0 Å². The molecule has 4 rings (SSSR count). The molecule has 0 radical (unpaired) electrons. The van der Waals surface area contributed by atoms with E-state index in [1.165, 1.54) is 23.1 Å². The van der Waals surface area contributed by atoms with Gasteiger partial charge in [-0.25, -0.2) is 0 Å². The van der Waals surface area contributed by atoms with Gasteiger partial charge in [0.1, 0.15) is 0 Å². The predicted molar refractivity (Wildman–Crippen MR) is 106 cm³/mol. The summed E-state index contributed by atoms with van der Waals surface area (Å²) in [6.45, 7) is 5.17. The van der Waals surface area contributed by atoms with Gasteiger partial charge in [-0.2, -0.15) is 0 Å². The summed E-state index contributed by atoms with van der Waals surface area (Å²) in [7, 11) is 0. The molecule has 0 saturated carbocycles. The maximum Gasteiger partial charge on any atom is -0.0626 e. The molecule has 0 nitrogen and oxygen atoms in total. The van der Waals surface area contributed by atoms with E-state index in [1.807, 2.05) is 2.44 Å². The number of fused-ring (bicyclic) bond motifs is 3. The van der Waals surface area contributed by atoms with E-state index in [4.69, 9.17) is 0 Å². The summed E-state index contributed by atoms with van der Waals surface area (Å²) in [6.07, 6.45) is 9.50. The van der Waals surface area contributed by atoms with Gasteiger partial charge < -0.3 is 0 Å². The third-order valence-corrected chi connectivity index (χ3v) is 28.9. The minimum Gasteiger partial charge on any atom is -0.0626 e. The molecule has 0 N–H and O–H groups in total. The summed E-state index contributed by atoms with van der Waals surface area (Å²) in [5.74, 6) is 0. The number of rotatable bonds is 3. The number of hydrogen-bond donors (Lipinski definition) is 0. The van der Waals surface area contributed by atoms with Gasteiger partial charge in [-0.1, -0.05) is 8.41 Å². The predicted octanol–water partition coefficient (Wildman–Crippen LogP) is 2.88. The van der Waals surface area contributed by atoms with Gasteiger partial charge in [0.05, 0.1) is 0 Å². The van der Waals surface area contributed by atoms with Crippen LogP contribution < -0.4 is 1.21 Å². The van der Waals surface area contributed by atoms with E-state index in [-0.39, 0.29) is 8.41 Å². The molecule has 2 aromatic carbocycles. The van der Waals surface area contributed by atoms with Gasteiger partial charge in [-0.3, -0.25) is 0 Å². The quantitative estimate of drug-likeness (QED) is 0.541. The van der Waals surface area contributed by atoms with Crippen molar-refractivity contribution in [3.05, 3.63) is 73.0 Å². The fourth-order valence-electron chi connectivity index (χ4n) is 3.91. The fourth-order valence-corrected chi connectivity index (χ4v) is 27.7. The SMILES string of the molecule is C[SiH](C)[Nd]([C]1=CC=CC1)[c]1cccc2c1Cc1ccccc1-2.[BH4-]. The average Bonchev–Trinajstić information content (AvgIpc) is 3.15. The molecule has 2 aliphatic carbocycles. The minimum atomic E-state index is -1.83. The molecule has 0 saturated heterocycles. The van der Waals surface area contributed by atoms with Crippen LogP contribution in [-0.4, -0.2) is 11.8 Å². The smallest absolute Gasteiger partial charge is 0.0626 e. The van der Waals surface area contributed by atoms with Gasteiger partial charge in [-0.05, 0) is 0 Å². The van der Waals surface area contributed by atoms with Gasteiger partial charge in [0, 0.05) is 0 Å². The molecule has 2 aliphatic rings. The van der Waals surface area contributed by atoms with Crippen molar-refractivity contribution in [3.63, 3.8) is 0 Å². The zero-order chi connectivity index (χ0) is 15.1. The second-order valence-corrected chi connectivity index (χ2v) is 30.7. The summed E-state index contributed by atoms with van der Waals surface area (Å²) >= 11 is -1.83.